The maximum absolute atomic E-state index is 13.6. The molecule has 0 spiro atoms. The van der Waals surface area contributed by atoms with Crippen LogP contribution >= 0.6 is 0 Å². The molecule has 0 saturated heterocycles. The van der Waals surface area contributed by atoms with Crippen LogP contribution in [0.25, 0.3) is 0 Å². The first-order chi connectivity index (χ1) is 6.82. The van der Waals surface area contributed by atoms with Gasteiger partial charge in [0.25, 0.3) is 0 Å². The van der Waals surface area contributed by atoms with Crippen molar-refractivity contribution in [2.45, 2.75) is 24.3 Å². The van der Waals surface area contributed by atoms with Gasteiger partial charge in [0.05, 0.1) is 6.10 Å². The van der Waals surface area contributed by atoms with E-state index >= 15 is 0 Å². The molecule has 1 aromatic rings. The molecule has 0 aromatic heterocycles. The number of hydrogen-bond donors (Lipinski definition) is 1. The van der Waals surface area contributed by atoms with E-state index in [1.165, 1.54) is 25.1 Å². The van der Waals surface area contributed by atoms with Crippen LogP contribution in [0.2, 0.25) is 0 Å². The third kappa shape index (κ3) is 3.00. The van der Waals surface area contributed by atoms with Gasteiger partial charge in [0.15, 0.2) is 9.84 Å². The minimum atomic E-state index is -3.55. The molecule has 1 rings (SSSR count). The molecule has 0 radical (unpaired) electrons. The molecule has 0 fully saturated rings. The standard InChI is InChI=1S/C10H13FO3S/c1-7(12)6-8-4-3-5-9(10(8)11)15(2,13)14/h3-5,7,12H,6H2,1-2H3. The average Bonchev–Trinajstić information content (AvgIpc) is 2.05. The van der Waals surface area contributed by atoms with Gasteiger partial charge in [-0.15, -0.1) is 0 Å². The van der Waals surface area contributed by atoms with Crippen molar-refractivity contribution >= 4 is 9.84 Å². The van der Waals surface area contributed by atoms with Gasteiger partial charge in [-0.3, -0.25) is 0 Å². The number of hydrogen-bond acceptors (Lipinski definition) is 3. The van der Waals surface area contributed by atoms with Gasteiger partial charge < -0.3 is 5.11 Å². The molecule has 0 aliphatic carbocycles. The molecule has 0 aliphatic heterocycles. The van der Waals surface area contributed by atoms with E-state index < -0.39 is 21.8 Å². The summed E-state index contributed by atoms with van der Waals surface area (Å²) in [6, 6.07) is 4.16. The first-order valence-electron chi connectivity index (χ1n) is 4.48. The summed E-state index contributed by atoms with van der Waals surface area (Å²) in [5.74, 6) is -0.763. The van der Waals surface area contributed by atoms with E-state index in [1.807, 2.05) is 0 Å². The van der Waals surface area contributed by atoms with Gasteiger partial charge in [0.1, 0.15) is 10.7 Å². The van der Waals surface area contributed by atoms with E-state index in [2.05, 4.69) is 0 Å². The van der Waals surface area contributed by atoms with Crippen LogP contribution in [-0.4, -0.2) is 25.9 Å². The summed E-state index contributed by atoms with van der Waals surface area (Å²) in [6.45, 7) is 1.52. The van der Waals surface area contributed by atoms with Gasteiger partial charge in [-0.2, -0.15) is 0 Å². The van der Waals surface area contributed by atoms with Gasteiger partial charge in [-0.1, -0.05) is 12.1 Å². The smallest absolute Gasteiger partial charge is 0.178 e. The number of benzene rings is 1. The zero-order chi connectivity index (χ0) is 11.6. The van der Waals surface area contributed by atoms with Crippen LogP contribution in [0.3, 0.4) is 0 Å². The monoisotopic (exact) mass is 232 g/mol. The summed E-state index contributed by atoms with van der Waals surface area (Å²) < 4.78 is 36.0. The largest absolute Gasteiger partial charge is 0.393 e. The molecule has 0 bridgehead atoms. The van der Waals surface area contributed by atoms with Gasteiger partial charge in [0.2, 0.25) is 0 Å². The number of sulfone groups is 1. The Kier molecular flexibility index (Phi) is 3.46. The lowest BCUT2D eigenvalue weighted by molar-refractivity contribution is 0.194. The highest BCUT2D eigenvalue weighted by Crippen LogP contribution is 2.19. The maximum atomic E-state index is 13.6. The highest BCUT2D eigenvalue weighted by molar-refractivity contribution is 7.90. The predicted octanol–water partition coefficient (Wildman–Crippen LogP) is 1.15. The molecule has 0 heterocycles. The molecule has 1 aromatic carbocycles. The Morgan fingerprint density at radius 1 is 1.47 bits per heavy atom. The Bertz CT molecular complexity index is 452. The maximum Gasteiger partial charge on any atom is 0.178 e. The van der Waals surface area contributed by atoms with Crippen LogP contribution in [0, 0.1) is 5.82 Å². The SMILES string of the molecule is CC(O)Cc1cccc(S(C)(=O)=O)c1F. The lowest BCUT2D eigenvalue weighted by Gasteiger charge is -2.08. The molecule has 5 heteroatoms. The Balaban J connectivity index is 3.24. The highest BCUT2D eigenvalue weighted by Gasteiger charge is 2.16. The molecule has 15 heavy (non-hydrogen) atoms. The van der Waals surface area contributed by atoms with E-state index in [9.17, 15) is 12.8 Å². The van der Waals surface area contributed by atoms with Crippen LogP contribution in [-0.2, 0) is 16.3 Å². The zero-order valence-electron chi connectivity index (χ0n) is 8.57. The van der Waals surface area contributed by atoms with Gasteiger partial charge >= 0.3 is 0 Å². The van der Waals surface area contributed by atoms with Crippen molar-refractivity contribution in [2.75, 3.05) is 6.26 Å². The molecule has 1 atom stereocenters. The Hall–Kier alpha value is -0.940. The number of halogens is 1. The first kappa shape index (κ1) is 12.1. The van der Waals surface area contributed by atoms with Gasteiger partial charge in [0, 0.05) is 12.7 Å². The highest BCUT2D eigenvalue weighted by atomic mass is 32.2. The summed E-state index contributed by atoms with van der Waals surface area (Å²) >= 11 is 0. The van der Waals surface area contributed by atoms with Crippen LogP contribution < -0.4 is 0 Å². The van der Waals surface area contributed by atoms with E-state index in [1.54, 1.807) is 0 Å². The van der Waals surface area contributed by atoms with Crippen molar-refractivity contribution in [1.82, 2.24) is 0 Å². The number of aliphatic hydroxyl groups is 1. The van der Waals surface area contributed by atoms with Crippen molar-refractivity contribution in [3.8, 4) is 0 Å². The summed E-state index contributed by atoms with van der Waals surface area (Å²) in [6.07, 6.45) is 0.363. The Morgan fingerprint density at radius 2 is 2.07 bits per heavy atom. The van der Waals surface area contributed by atoms with E-state index in [0.717, 1.165) is 6.26 Å². The van der Waals surface area contributed by atoms with Crippen LogP contribution in [0.15, 0.2) is 23.1 Å². The average molecular weight is 232 g/mol. The molecular formula is C10H13FO3S. The van der Waals surface area contributed by atoms with Crippen LogP contribution in [0.5, 0.6) is 0 Å². The second-order valence-corrected chi connectivity index (χ2v) is 5.54. The van der Waals surface area contributed by atoms with Crippen LogP contribution in [0.1, 0.15) is 12.5 Å². The fraction of sp³-hybridized carbons (Fsp3) is 0.400. The molecule has 84 valence electrons. The number of aliphatic hydroxyl groups excluding tert-OH is 1. The van der Waals surface area contributed by atoms with Crippen molar-refractivity contribution in [3.63, 3.8) is 0 Å². The normalized spacial score (nSPS) is 13.9. The van der Waals surface area contributed by atoms with Crippen LogP contribution in [0.4, 0.5) is 4.39 Å². The Labute approximate surface area is 88.5 Å². The minimum Gasteiger partial charge on any atom is -0.393 e. The summed E-state index contributed by atoms with van der Waals surface area (Å²) in [5, 5.41) is 9.11. The lowest BCUT2D eigenvalue weighted by Crippen LogP contribution is -2.09. The van der Waals surface area contributed by atoms with Gasteiger partial charge in [-0.25, -0.2) is 12.8 Å². The molecule has 1 unspecified atom stereocenters. The van der Waals surface area contributed by atoms with Crippen molar-refractivity contribution in [3.05, 3.63) is 29.6 Å². The topological polar surface area (TPSA) is 54.4 Å². The van der Waals surface area contributed by atoms with E-state index in [-0.39, 0.29) is 16.9 Å². The van der Waals surface area contributed by atoms with E-state index in [0.29, 0.717) is 0 Å². The fourth-order valence-corrected chi connectivity index (χ4v) is 2.10. The molecule has 1 N–H and O–H groups in total. The second kappa shape index (κ2) is 4.28. The lowest BCUT2D eigenvalue weighted by atomic mass is 10.1. The molecule has 0 aliphatic rings. The molecule has 0 amide bonds. The minimum absolute atomic E-state index is 0.106. The second-order valence-electron chi connectivity index (χ2n) is 3.55. The summed E-state index contributed by atoms with van der Waals surface area (Å²) in [7, 11) is -3.55. The van der Waals surface area contributed by atoms with Crippen molar-refractivity contribution < 1.29 is 17.9 Å². The Morgan fingerprint density at radius 3 is 2.53 bits per heavy atom. The van der Waals surface area contributed by atoms with Gasteiger partial charge in [-0.05, 0) is 18.6 Å². The zero-order valence-corrected chi connectivity index (χ0v) is 9.38. The third-order valence-corrected chi connectivity index (χ3v) is 3.07. The molecule has 0 saturated carbocycles. The molecule has 3 nitrogen and oxygen atoms in total. The summed E-state index contributed by atoms with van der Waals surface area (Å²) in [4.78, 5) is -0.319. The third-order valence-electron chi connectivity index (χ3n) is 1.96. The fourth-order valence-electron chi connectivity index (χ4n) is 1.32. The number of rotatable bonds is 3. The van der Waals surface area contributed by atoms with E-state index in [4.69, 9.17) is 5.11 Å². The first-order valence-corrected chi connectivity index (χ1v) is 6.37. The predicted molar refractivity (Wildman–Crippen MR) is 54.9 cm³/mol. The van der Waals surface area contributed by atoms with Crippen molar-refractivity contribution in [2.24, 2.45) is 0 Å². The van der Waals surface area contributed by atoms with Crippen molar-refractivity contribution in [1.29, 1.82) is 0 Å². The summed E-state index contributed by atoms with van der Waals surface area (Å²) in [5.41, 5.74) is 0.216. The quantitative estimate of drug-likeness (QED) is 0.850. The molecular weight excluding hydrogens is 219 g/mol.